The molecule has 2 rings (SSSR count). The van der Waals surface area contributed by atoms with Gasteiger partial charge in [-0.3, -0.25) is 4.79 Å². The van der Waals surface area contributed by atoms with Crippen LogP contribution in [0.2, 0.25) is 0 Å². The van der Waals surface area contributed by atoms with Crippen LogP contribution in [0.4, 0.5) is 0 Å². The van der Waals surface area contributed by atoms with Crippen LogP contribution in [0.3, 0.4) is 0 Å². The molecule has 0 saturated carbocycles. The van der Waals surface area contributed by atoms with Gasteiger partial charge in [0.25, 0.3) is 5.91 Å². The smallest absolute Gasteiger partial charge is 0.252 e. The number of nitrogens with zero attached hydrogens (tertiary/aromatic N) is 2. The predicted octanol–water partition coefficient (Wildman–Crippen LogP) is 2.96. The topological polar surface area (TPSA) is 58.4 Å². The van der Waals surface area contributed by atoms with E-state index < -0.39 is 0 Å². The molecule has 0 unspecified atom stereocenters. The number of nitrogens with one attached hydrogen (secondary N) is 1. The first-order chi connectivity index (χ1) is 11.1. The van der Waals surface area contributed by atoms with Crippen molar-refractivity contribution >= 4 is 17.7 Å². The standard InChI is InChI=1S/C17H23N3O2S/c1-13-11-14(22-19-13)12-23-16-8-5-4-7-15(16)17(21)18-9-6-10-20(2)3/h4-5,7-8,11H,6,9-10,12H2,1-3H3,(H,18,21). The Bertz CT molecular complexity index is 640. The van der Waals surface area contributed by atoms with Gasteiger partial charge in [0.05, 0.1) is 17.0 Å². The van der Waals surface area contributed by atoms with Crippen molar-refractivity contribution in [2.24, 2.45) is 0 Å². The van der Waals surface area contributed by atoms with Crippen molar-refractivity contribution < 1.29 is 9.32 Å². The van der Waals surface area contributed by atoms with Crippen molar-refractivity contribution in [2.75, 3.05) is 27.2 Å². The molecule has 1 amide bonds. The third-order valence-corrected chi connectivity index (χ3v) is 4.34. The Hall–Kier alpha value is -1.79. The van der Waals surface area contributed by atoms with Gasteiger partial charge in [-0.15, -0.1) is 11.8 Å². The fraction of sp³-hybridized carbons (Fsp3) is 0.412. The lowest BCUT2D eigenvalue weighted by molar-refractivity contribution is 0.0949. The normalized spacial score (nSPS) is 11.0. The maximum Gasteiger partial charge on any atom is 0.252 e. The van der Waals surface area contributed by atoms with Crippen LogP contribution in [0.5, 0.6) is 0 Å². The van der Waals surface area contributed by atoms with E-state index in [2.05, 4.69) is 15.4 Å². The van der Waals surface area contributed by atoms with Crippen molar-refractivity contribution in [1.82, 2.24) is 15.4 Å². The molecule has 0 bridgehead atoms. The lowest BCUT2D eigenvalue weighted by atomic mass is 10.2. The molecular formula is C17H23N3O2S. The zero-order valence-corrected chi connectivity index (χ0v) is 14.7. The molecule has 0 saturated heterocycles. The van der Waals surface area contributed by atoms with E-state index in [9.17, 15) is 4.79 Å². The minimum absolute atomic E-state index is 0.0272. The number of aryl methyl sites for hydroxylation is 1. The van der Waals surface area contributed by atoms with Crippen molar-refractivity contribution in [3.8, 4) is 0 Å². The number of hydrogen-bond donors (Lipinski definition) is 1. The lowest BCUT2D eigenvalue weighted by Crippen LogP contribution is -2.27. The Kier molecular flexibility index (Phi) is 6.67. The second-order valence-corrected chi connectivity index (χ2v) is 6.65. The summed E-state index contributed by atoms with van der Waals surface area (Å²) < 4.78 is 5.21. The van der Waals surface area contributed by atoms with E-state index in [1.165, 1.54) is 0 Å². The van der Waals surface area contributed by atoms with E-state index >= 15 is 0 Å². The highest BCUT2D eigenvalue weighted by Gasteiger charge is 2.12. The van der Waals surface area contributed by atoms with E-state index in [4.69, 9.17) is 4.52 Å². The van der Waals surface area contributed by atoms with Gasteiger partial charge in [-0.25, -0.2) is 0 Å². The Labute approximate surface area is 141 Å². The summed E-state index contributed by atoms with van der Waals surface area (Å²) in [5.41, 5.74) is 1.58. The molecule has 1 heterocycles. The fourth-order valence-electron chi connectivity index (χ4n) is 2.11. The van der Waals surface area contributed by atoms with Crippen LogP contribution < -0.4 is 5.32 Å². The molecule has 1 aromatic carbocycles. The number of amides is 1. The van der Waals surface area contributed by atoms with Crippen LogP contribution in [0, 0.1) is 6.92 Å². The molecule has 2 aromatic rings. The third-order valence-electron chi connectivity index (χ3n) is 3.25. The van der Waals surface area contributed by atoms with Gasteiger partial charge < -0.3 is 14.7 Å². The van der Waals surface area contributed by atoms with Crippen molar-refractivity contribution in [3.63, 3.8) is 0 Å². The fourth-order valence-corrected chi connectivity index (χ4v) is 3.03. The first kappa shape index (κ1) is 17.6. The highest BCUT2D eigenvalue weighted by atomic mass is 32.2. The molecule has 0 aliphatic heterocycles. The Morgan fingerprint density at radius 3 is 2.83 bits per heavy atom. The molecule has 6 heteroatoms. The van der Waals surface area contributed by atoms with Gasteiger partial charge in [-0.2, -0.15) is 0 Å². The highest BCUT2D eigenvalue weighted by molar-refractivity contribution is 7.98. The third kappa shape index (κ3) is 5.73. The van der Waals surface area contributed by atoms with Crippen LogP contribution in [0.1, 0.15) is 28.2 Å². The number of carbonyl (C=O) groups is 1. The van der Waals surface area contributed by atoms with Crippen molar-refractivity contribution in [1.29, 1.82) is 0 Å². The summed E-state index contributed by atoms with van der Waals surface area (Å²) in [5.74, 6) is 1.44. The lowest BCUT2D eigenvalue weighted by Gasteiger charge is -2.11. The quantitative estimate of drug-likeness (QED) is 0.594. The molecule has 0 aliphatic carbocycles. The molecule has 0 atom stereocenters. The number of carbonyl (C=O) groups excluding carboxylic acids is 1. The van der Waals surface area contributed by atoms with Gasteiger partial charge >= 0.3 is 0 Å². The van der Waals surface area contributed by atoms with Gasteiger partial charge in [0, 0.05) is 17.5 Å². The zero-order valence-electron chi connectivity index (χ0n) is 13.8. The molecule has 5 nitrogen and oxygen atoms in total. The molecular weight excluding hydrogens is 310 g/mol. The zero-order chi connectivity index (χ0) is 16.7. The second-order valence-electron chi connectivity index (χ2n) is 5.63. The van der Waals surface area contributed by atoms with E-state index in [-0.39, 0.29) is 5.91 Å². The van der Waals surface area contributed by atoms with Crippen LogP contribution in [0.25, 0.3) is 0 Å². The summed E-state index contributed by atoms with van der Waals surface area (Å²) in [6.45, 7) is 3.53. The van der Waals surface area contributed by atoms with Crippen LogP contribution in [0.15, 0.2) is 39.8 Å². The summed E-state index contributed by atoms with van der Waals surface area (Å²) in [7, 11) is 4.05. The SMILES string of the molecule is Cc1cc(CSc2ccccc2C(=O)NCCCN(C)C)on1. The molecule has 0 spiro atoms. The van der Waals surface area contributed by atoms with Gasteiger partial charge in [0.2, 0.25) is 0 Å². The second kappa shape index (κ2) is 8.74. The first-order valence-corrected chi connectivity index (χ1v) is 8.62. The maximum atomic E-state index is 12.4. The molecule has 0 fully saturated rings. The minimum atomic E-state index is -0.0272. The van der Waals surface area contributed by atoms with Gasteiger partial charge in [0.15, 0.2) is 0 Å². The average molecular weight is 333 g/mol. The molecule has 1 aromatic heterocycles. The van der Waals surface area contributed by atoms with Crippen LogP contribution in [-0.2, 0) is 5.75 Å². The number of benzene rings is 1. The molecule has 124 valence electrons. The van der Waals surface area contributed by atoms with E-state index in [1.807, 2.05) is 51.4 Å². The summed E-state index contributed by atoms with van der Waals surface area (Å²) in [6.07, 6.45) is 0.936. The number of aromatic nitrogens is 1. The van der Waals surface area contributed by atoms with Gasteiger partial charge in [0.1, 0.15) is 5.76 Å². The van der Waals surface area contributed by atoms with Gasteiger partial charge in [-0.1, -0.05) is 17.3 Å². The summed E-state index contributed by atoms with van der Waals surface area (Å²) >= 11 is 1.58. The van der Waals surface area contributed by atoms with E-state index in [0.717, 1.165) is 29.3 Å². The van der Waals surface area contributed by atoms with Gasteiger partial charge in [-0.05, 0) is 46.1 Å². The van der Waals surface area contributed by atoms with Crippen molar-refractivity contribution in [3.05, 3.63) is 47.3 Å². The Morgan fingerprint density at radius 1 is 1.35 bits per heavy atom. The summed E-state index contributed by atoms with van der Waals surface area (Å²) in [6, 6.07) is 9.56. The molecule has 0 aliphatic rings. The molecule has 0 radical (unpaired) electrons. The van der Waals surface area contributed by atoms with E-state index in [0.29, 0.717) is 17.9 Å². The average Bonchev–Trinajstić information content (AvgIpc) is 2.95. The largest absolute Gasteiger partial charge is 0.360 e. The van der Waals surface area contributed by atoms with Crippen molar-refractivity contribution in [2.45, 2.75) is 24.0 Å². The molecule has 1 N–H and O–H groups in total. The number of thioether (sulfide) groups is 1. The van der Waals surface area contributed by atoms with E-state index in [1.54, 1.807) is 11.8 Å². The predicted molar refractivity (Wildman–Crippen MR) is 92.7 cm³/mol. The Balaban J connectivity index is 1.92. The maximum absolute atomic E-state index is 12.4. The van der Waals surface area contributed by atoms with Crippen LogP contribution in [-0.4, -0.2) is 43.1 Å². The monoisotopic (exact) mass is 333 g/mol. The molecule has 23 heavy (non-hydrogen) atoms. The summed E-state index contributed by atoms with van der Waals surface area (Å²) in [4.78, 5) is 15.4. The number of rotatable bonds is 8. The minimum Gasteiger partial charge on any atom is -0.360 e. The number of hydrogen-bond acceptors (Lipinski definition) is 5. The highest BCUT2D eigenvalue weighted by Crippen LogP contribution is 2.26. The first-order valence-electron chi connectivity index (χ1n) is 7.63. The Morgan fingerprint density at radius 2 is 2.13 bits per heavy atom. The summed E-state index contributed by atoms with van der Waals surface area (Å²) in [5, 5.41) is 6.86. The van der Waals surface area contributed by atoms with Crippen LogP contribution >= 0.6 is 11.8 Å².